The van der Waals surface area contributed by atoms with Crippen LogP contribution in [-0.4, -0.2) is 54.1 Å². The molecule has 8 nitrogen and oxygen atoms in total. The topological polar surface area (TPSA) is 99.3 Å². The van der Waals surface area contributed by atoms with Crippen LogP contribution in [0.4, 0.5) is 0 Å². The number of H-pyrrole nitrogens is 2. The second kappa shape index (κ2) is 8.12. The molecule has 0 aliphatic rings. The third-order valence-electron chi connectivity index (χ3n) is 5.62. The van der Waals surface area contributed by atoms with E-state index in [4.69, 9.17) is 9.97 Å². The molecule has 0 aliphatic heterocycles. The Kier molecular flexibility index (Phi) is 4.93. The summed E-state index contributed by atoms with van der Waals surface area (Å²) in [5.41, 5.74) is 7.99. The van der Waals surface area contributed by atoms with E-state index in [1.807, 2.05) is 44.8 Å². The normalized spacial score (nSPS) is 11.8. The van der Waals surface area contributed by atoms with Crippen LogP contribution in [-0.2, 0) is 6.54 Å². The number of pyridine rings is 3. The monoisotopic (exact) mass is 466 g/mol. The smallest absolute Gasteiger partial charge is 0.161 e. The van der Waals surface area contributed by atoms with Crippen molar-refractivity contribution in [2.24, 2.45) is 0 Å². The second-order valence-electron chi connectivity index (χ2n) is 8.56. The lowest BCUT2D eigenvalue weighted by molar-refractivity contribution is 0.402. The van der Waals surface area contributed by atoms with Gasteiger partial charge in [-0.05, 0) is 56.9 Å². The molecule has 0 saturated heterocycles. The number of hydrogen-bond acceptors (Lipinski definition) is 7. The molecule has 0 saturated carbocycles. The van der Waals surface area contributed by atoms with E-state index in [-0.39, 0.29) is 0 Å². The maximum absolute atomic E-state index is 4.94. The van der Waals surface area contributed by atoms with Crippen molar-refractivity contribution in [3.05, 3.63) is 65.6 Å². The lowest BCUT2D eigenvalue weighted by Gasteiger charge is -2.10. The quantitative estimate of drug-likeness (QED) is 0.369. The molecule has 0 atom stereocenters. The highest BCUT2D eigenvalue weighted by molar-refractivity contribution is 7.15. The summed E-state index contributed by atoms with van der Waals surface area (Å²) < 4.78 is 0. The molecule has 9 heteroatoms. The van der Waals surface area contributed by atoms with Crippen LogP contribution in [0.2, 0.25) is 0 Å². The lowest BCUT2D eigenvalue weighted by atomic mass is 10.1. The van der Waals surface area contributed by atoms with Crippen molar-refractivity contribution in [3.8, 4) is 33.2 Å². The van der Waals surface area contributed by atoms with Crippen molar-refractivity contribution >= 4 is 33.4 Å². The molecule has 0 aromatic carbocycles. The zero-order valence-corrected chi connectivity index (χ0v) is 19.8. The molecule has 0 bridgehead atoms. The van der Waals surface area contributed by atoms with Crippen LogP contribution < -0.4 is 0 Å². The van der Waals surface area contributed by atoms with Gasteiger partial charge in [0.05, 0.1) is 22.9 Å². The Morgan fingerprint density at radius 2 is 1.79 bits per heavy atom. The molecule has 0 aliphatic carbocycles. The number of nitrogens with zero attached hydrogens (tertiary/aromatic N) is 6. The number of thiophene rings is 1. The number of imidazole rings is 1. The molecule has 34 heavy (non-hydrogen) atoms. The fourth-order valence-electron chi connectivity index (χ4n) is 4.11. The van der Waals surface area contributed by atoms with Crippen LogP contribution in [0.3, 0.4) is 0 Å². The van der Waals surface area contributed by atoms with Crippen molar-refractivity contribution in [3.63, 3.8) is 0 Å². The number of nitrogens with one attached hydrogen (secondary N) is 2. The molecule has 0 fully saturated rings. The van der Waals surface area contributed by atoms with E-state index in [9.17, 15) is 0 Å². The van der Waals surface area contributed by atoms with E-state index in [2.05, 4.69) is 55.2 Å². The summed E-state index contributed by atoms with van der Waals surface area (Å²) in [4.78, 5) is 26.6. The number of aromatic amines is 2. The van der Waals surface area contributed by atoms with Crippen LogP contribution in [0.5, 0.6) is 0 Å². The minimum Gasteiger partial charge on any atom is -0.335 e. The molecule has 0 radical (unpaired) electrons. The van der Waals surface area contributed by atoms with Gasteiger partial charge in [-0.2, -0.15) is 5.10 Å². The van der Waals surface area contributed by atoms with E-state index >= 15 is 0 Å². The fourth-order valence-corrected chi connectivity index (χ4v) is 4.99. The average Bonchev–Trinajstić information content (AvgIpc) is 3.55. The summed E-state index contributed by atoms with van der Waals surface area (Å²) >= 11 is 1.73. The van der Waals surface area contributed by atoms with Gasteiger partial charge in [0, 0.05) is 46.0 Å². The van der Waals surface area contributed by atoms with Crippen molar-refractivity contribution in [2.75, 3.05) is 14.1 Å². The third kappa shape index (κ3) is 3.64. The molecule has 6 rings (SSSR count). The number of fused-ring (bicyclic) bond motifs is 2. The molecule has 6 aromatic rings. The van der Waals surface area contributed by atoms with E-state index in [1.165, 1.54) is 4.88 Å². The average molecular weight is 467 g/mol. The predicted octanol–water partition coefficient (Wildman–Crippen LogP) is 5.06. The van der Waals surface area contributed by atoms with E-state index < -0.39 is 0 Å². The number of aromatic nitrogens is 7. The molecular weight excluding hydrogens is 444 g/mol. The highest BCUT2D eigenvalue weighted by Gasteiger charge is 2.17. The SMILES string of the molecule is Cc1ccc(-c2cncc3[nH]c(-c4n[nH]c5ccc(-c6cncc(CN(C)C)c6)nc45)nc23)s1. The first-order valence-electron chi connectivity index (χ1n) is 10.9. The van der Waals surface area contributed by atoms with Gasteiger partial charge in [0.15, 0.2) is 11.5 Å². The molecule has 0 unspecified atom stereocenters. The maximum Gasteiger partial charge on any atom is 0.161 e. The Morgan fingerprint density at radius 3 is 2.62 bits per heavy atom. The first-order chi connectivity index (χ1) is 16.5. The Bertz CT molecular complexity index is 1640. The molecule has 6 aromatic heterocycles. The van der Waals surface area contributed by atoms with Gasteiger partial charge in [0.25, 0.3) is 0 Å². The van der Waals surface area contributed by atoms with Crippen molar-refractivity contribution < 1.29 is 0 Å². The van der Waals surface area contributed by atoms with Gasteiger partial charge in [-0.1, -0.05) is 0 Å². The van der Waals surface area contributed by atoms with Gasteiger partial charge in [0.2, 0.25) is 0 Å². The van der Waals surface area contributed by atoms with Crippen molar-refractivity contribution in [2.45, 2.75) is 13.5 Å². The Balaban J connectivity index is 1.45. The summed E-state index contributed by atoms with van der Waals surface area (Å²) in [6, 6.07) is 10.3. The summed E-state index contributed by atoms with van der Waals surface area (Å²) in [6.07, 6.45) is 7.39. The number of hydrogen-bond donors (Lipinski definition) is 2. The summed E-state index contributed by atoms with van der Waals surface area (Å²) in [5.74, 6) is 0.660. The van der Waals surface area contributed by atoms with E-state index in [1.54, 1.807) is 17.5 Å². The Labute approximate surface area is 199 Å². The lowest BCUT2D eigenvalue weighted by Crippen LogP contribution is -2.10. The van der Waals surface area contributed by atoms with E-state index in [0.717, 1.165) is 55.9 Å². The fraction of sp³-hybridized carbons (Fsp3) is 0.160. The summed E-state index contributed by atoms with van der Waals surface area (Å²) in [5, 5.41) is 7.63. The zero-order chi connectivity index (χ0) is 23.2. The summed E-state index contributed by atoms with van der Waals surface area (Å²) in [6.45, 7) is 2.92. The van der Waals surface area contributed by atoms with Gasteiger partial charge in [-0.25, -0.2) is 9.97 Å². The van der Waals surface area contributed by atoms with Crippen LogP contribution in [0.15, 0.2) is 55.1 Å². The summed E-state index contributed by atoms with van der Waals surface area (Å²) in [7, 11) is 4.09. The molecular formula is C25H22N8S. The number of aryl methyl sites for hydroxylation is 1. The van der Waals surface area contributed by atoms with Crippen LogP contribution >= 0.6 is 11.3 Å². The zero-order valence-electron chi connectivity index (χ0n) is 19.0. The maximum atomic E-state index is 4.94. The minimum atomic E-state index is 0.660. The standard InChI is InChI=1S/C25H22N8S/c1-14-4-7-21(34-14)17-11-27-12-20-22(17)30-25(29-20)24-23-19(31-32-24)6-5-18(28-23)16-8-15(9-26-10-16)13-33(2)3/h4-12H,13H2,1-3H3,(H,29,30)(H,31,32). The third-order valence-corrected chi connectivity index (χ3v) is 6.66. The Morgan fingerprint density at radius 1 is 0.912 bits per heavy atom. The minimum absolute atomic E-state index is 0.660. The first-order valence-corrected chi connectivity index (χ1v) is 11.7. The predicted molar refractivity (Wildman–Crippen MR) is 135 cm³/mol. The van der Waals surface area contributed by atoms with Gasteiger partial charge in [-0.15, -0.1) is 11.3 Å². The van der Waals surface area contributed by atoms with Gasteiger partial charge in [-0.3, -0.25) is 15.1 Å². The first kappa shape index (κ1) is 20.6. The molecule has 0 spiro atoms. The van der Waals surface area contributed by atoms with Gasteiger partial charge < -0.3 is 9.88 Å². The Hall–Kier alpha value is -3.95. The second-order valence-corrected chi connectivity index (χ2v) is 9.85. The largest absolute Gasteiger partial charge is 0.335 e. The van der Waals surface area contributed by atoms with Crippen molar-refractivity contribution in [1.29, 1.82) is 0 Å². The van der Waals surface area contributed by atoms with Crippen LogP contribution in [0, 0.1) is 6.92 Å². The van der Waals surface area contributed by atoms with E-state index in [0.29, 0.717) is 11.5 Å². The molecule has 0 amide bonds. The molecule has 168 valence electrons. The van der Waals surface area contributed by atoms with Crippen molar-refractivity contribution in [1.82, 2.24) is 40.0 Å². The number of rotatable bonds is 5. The molecule has 2 N–H and O–H groups in total. The van der Waals surface area contributed by atoms with Crippen LogP contribution in [0.25, 0.3) is 55.3 Å². The van der Waals surface area contributed by atoms with Crippen LogP contribution in [0.1, 0.15) is 10.4 Å². The highest BCUT2D eigenvalue weighted by Crippen LogP contribution is 2.34. The van der Waals surface area contributed by atoms with Gasteiger partial charge in [0.1, 0.15) is 11.0 Å². The molecule has 6 heterocycles. The van der Waals surface area contributed by atoms with Gasteiger partial charge >= 0.3 is 0 Å². The highest BCUT2D eigenvalue weighted by atomic mass is 32.1.